The summed E-state index contributed by atoms with van der Waals surface area (Å²) in [7, 11) is 0. The van der Waals surface area contributed by atoms with Crippen molar-refractivity contribution >= 4 is 5.69 Å². The van der Waals surface area contributed by atoms with Gasteiger partial charge >= 0.3 is 0 Å². The summed E-state index contributed by atoms with van der Waals surface area (Å²) in [6, 6.07) is 6.37. The fraction of sp³-hybridized carbons (Fsp3) is 0.364. The monoisotopic (exact) mass is 190 g/mol. The molecule has 0 heterocycles. The standard InChI is InChI=1S/C11H11FN2/c12-11-4-3-10(5-9(11)6-13)14-7-8-1-2-8/h3-5,8,14H,1-2,7H2. The average Bonchev–Trinajstić information content (AvgIpc) is 3.00. The average molecular weight is 190 g/mol. The van der Waals surface area contributed by atoms with E-state index in [1.807, 2.05) is 6.07 Å². The Hall–Kier alpha value is -1.56. The van der Waals surface area contributed by atoms with Gasteiger partial charge < -0.3 is 5.32 Å². The molecule has 1 aliphatic carbocycles. The lowest BCUT2D eigenvalue weighted by atomic mass is 10.2. The molecule has 2 rings (SSSR count). The van der Waals surface area contributed by atoms with E-state index in [9.17, 15) is 4.39 Å². The first-order chi connectivity index (χ1) is 6.79. The number of rotatable bonds is 3. The first-order valence-electron chi connectivity index (χ1n) is 4.73. The number of nitrogens with zero attached hydrogens (tertiary/aromatic N) is 1. The molecule has 0 aliphatic heterocycles. The van der Waals surface area contributed by atoms with E-state index in [1.54, 1.807) is 12.1 Å². The van der Waals surface area contributed by atoms with Crippen molar-refractivity contribution in [3.63, 3.8) is 0 Å². The summed E-state index contributed by atoms with van der Waals surface area (Å²) in [4.78, 5) is 0. The van der Waals surface area contributed by atoms with E-state index in [-0.39, 0.29) is 5.56 Å². The number of nitriles is 1. The number of halogens is 1. The van der Waals surface area contributed by atoms with Crippen molar-refractivity contribution in [3.8, 4) is 6.07 Å². The number of anilines is 1. The lowest BCUT2D eigenvalue weighted by molar-refractivity contribution is 0.624. The zero-order valence-electron chi connectivity index (χ0n) is 7.76. The van der Waals surface area contributed by atoms with Crippen molar-refractivity contribution in [2.45, 2.75) is 12.8 Å². The Morgan fingerprint density at radius 3 is 2.93 bits per heavy atom. The molecule has 14 heavy (non-hydrogen) atoms. The second kappa shape index (κ2) is 3.67. The van der Waals surface area contributed by atoms with E-state index in [1.165, 1.54) is 18.9 Å². The third-order valence-electron chi connectivity index (χ3n) is 2.38. The molecule has 0 spiro atoms. The maximum atomic E-state index is 12.9. The normalized spacial score (nSPS) is 14.9. The Labute approximate surface area is 82.4 Å². The van der Waals surface area contributed by atoms with Gasteiger partial charge in [0.1, 0.15) is 11.9 Å². The van der Waals surface area contributed by atoms with Crippen LogP contribution < -0.4 is 5.32 Å². The maximum absolute atomic E-state index is 12.9. The van der Waals surface area contributed by atoms with E-state index in [0.717, 1.165) is 18.2 Å². The second-order valence-electron chi connectivity index (χ2n) is 3.63. The smallest absolute Gasteiger partial charge is 0.141 e. The van der Waals surface area contributed by atoms with Gasteiger partial charge in [0.2, 0.25) is 0 Å². The van der Waals surface area contributed by atoms with Gasteiger partial charge in [0.15, 0.2) is 0 Å². The first kappa shape index (κ1) is 9.01. The fourth-order valence-electron chi connectivity index (χ4n) is 1.31. The van der Waals surface area contributed by atoms with Gasteiger partial charge in [-0.15, -0.1) is 0 Å². The summed E-state index contributed by atoms with van der Waals surface area (Å²) in [6.45, 7) is 0.927. The van der Waals surface area contributed by atoms with E-state index in [4.69, 9.17) is 5.26 Å². The van der Waals surface area contributed by atoms with Crippen LogP contribution in [0.1, 0.15) is 18.4 Å². The molecular weight excluding hydrogens is 179 g/mol. The summed E-state index contributed by atoms with van der Waals surface area (Å²) < 4.78 is 12.9. The molecular formula is C11H11FN2. The lowest BCUT2D eigenvalue weighted by Crippen LogP contribution is -2.03. The van der Waals surface area contributed by atoms with Crippen molar-refractivity contribution < 1.29 is 4.39 Å². The minimum Gasteiger partial charge on any atom is -0.385 e. The minimum atomic E-state index is -0.454. The van der Waals surface area contributed by atoms with Crippen molar-refractivity contribution in [1.29, 1.82) is 5.26 Å². The number of hydrogen-bond acceptors (Lipinski definition) is 2. The quantitative estimate of drug-likeness (QED) is 0.794. The summed E-state index contributed by atoms with van der Waals surface area (Å²) in [5.74, 6) is 0.315. The zero-order valence-corrected chi connectivity index (χ0v) is 7.76. The molecule has 0 unspecified atom stereocenters. The van der Waals surface area contributed by atoms with Crippen molar-refractivity contribution in [3.05, 3.63) is 29.6 Å². The van der Waals surface area contributed by atoms with Gasteiger partial charge in [-0.1, -0.05) is 0 Å². The molecule has 72 valence electrons. The van der Waals surface area contributed by atoms with Gasteiger partial charge in [0, 0.05) is 12.2 Å². The third kappa shape index (κ3) is 2.02. The van der Waals surface area contributed by atoms with E-state index in [2.05, 4.69) is 5.32 Å². The van der Waals surface area contributed by atoms with Crippen molar-refractivity contribution in [2.75, 3.05) is 11.9 Å². The Bertz CT molecular complexity index is 377. The Morgan fingerprint density at radius 1 is 1.50 bits per heavy atom. The van der Waals surface area contributed by atoms with Crippen LogP contribution in [-0.4, -0.2) is 6.54 Å². The fourth-order valence-corrected chi connectivity index (χ4v) is 1.31. The zero-order chi connectivity index (χ0) is 9.97. The molecule has 1 aromatic carbocycles. The highest BCUT2D eigenvalue weighted by Crippen LogP contribution is 2.29. The van der Waals surface area contributed by atoms with Gasteiger partial charge in [-0.2, -0.15) is 5.26 Å². The van der Waals surface area contributed by atoms with Gasteiger partial charge in [0.05, 0.1) is 5.56 Å². The molecule has 0 amide bonds. The molecule has 3 heteroatoms. The molecule has 1 aromatic rings. The van der Waals surface area contributed by atoms with Gasteiger partial charge in [0.25, 0.3) is 0 Å². The Balaban J connectivity index is 2.06. The molecule has 0 bridgehead atoms. The highest BCUT2D eigenvalue weighted by Gasteiger charge is 2.20. The highest BCUT2D eigenvalue weighted by molar-refractivity contribution is 5.49. The minimum absolute atomic E-state index is 0.103. The molecule has 1 fully saturated rings. The Kier molecular flexibility index (Phi) is 2.36. The maximum Gasteiger partial charge on any atom is 0.141 e. The summed E-state index contributed by atoms with van der Waals surface area (Å²) in [5, 5.41) is 11.8. The molecule has 1 N–H and O–H groups in total. The van der Waals surface area contributed by atoms with E-state index >= 15 is 0 Å². The van der Waals surface area contributed by atoms with E-state index < -0.39 is 5.82 Å². The van der Waals surface area contributed by atoms with E-state index in [0.29, 0.717) is 0 Å². The number of hydrogen-bond donors (Lipinski definition) is 1. The van der Waals surface area contributed by atoms with Gasteiger partial charge in [-0.25, -0.2) is 4.39 Å². The van der Waals surface area contributed by atoms with Crippen LogP contribution in [0.25, 0.3) is 0 Å². The van der Waals surface area contributed by atoms with Crippen LogP contribution in [0.4, 0.5) is 10.1 Å². The molecule has 0 radical (unpaired) electrons. The van der Waals surface area contributed by atoms with Crippen molar-refractivity contribution in [2.24, 2.45) is 5.92 Å². The predicted octanol–water partition coefficient (Wildman–Crippen LogP) is 2.52. The van der Waals surface area contributed by atoms with Crippen LogP contribution in [0.5, 0.6) is 0 Å². The topological polar surface area (TPSA) is 35.8 Å². The molecule has 0 aromatic heterocycles. The molecule has 1 saturated carbocycles. The SMILES string of the molecule is N#Cc1cc(NCC2CC2)ccc1F. The third-order valence-corrected chi connectivity index (χ3v) is 2.38. The molecule has 0 saturated heterocycles. The second-order valence-corrected chi connectivity index (χ2v) is 3.63. The molecule has 1 aliphatic rings. The highest BCUT2D eigenvalue weighted by atomic mass is 19.1. The van der Waals surface area contributed by atoms with Gasteiger partial charge in [-0.05, 0) is 37.0 Å². The Morgan fingerprint density at radius 2 is 2.29 bits per heavy atom. The molecule has 0 atom stereocenters. The molecule has 2 nitrogen and oxygen atoms in total. The predicted molar refractivity (Wildman–Crippen MR) is 52.3 cm³/mol. The van der Waals surface area contributed by atoms with Crippen molar-refractivity contribution in [1.82, 2.24) is 0 Å². The number of nitrogens with one attached hydrogen (secondary N) is 1. The number of benzene rings is 1. The largest absolute Gasteiger partial charge is 0.385 e. The lowest BCUT2D eigenvalue weighted by Gasteiger charge is -2.05. The first-order valence-corrected chi connectivity index (χ1v) is 4.73. The van der Waals surface area contributed by atoms with Gasteiger partial charge in [-0.3, -0.25) is 0 Å². The van der Waals surface area contributed by atoms with Crippen LogP contribution in [0.2, 0.25) is 0 Å². The summed E-state index contributed by atoms with van der Waals surface area (Å²) >= 11 is 0. The van der Waals surface area contributed by atoms with Crippen LogP contribution in [0.3, 0.4) is 0 Å². The van der Waals surface area contributed by atoms with Crippen LogP contribution in [0, 0.1) is 23.1 Å². The van der Waals surface area contributed by atoms with Crippen LogP contribution in [0.15, 0.2) is 18.2 Å². The summed E-state index contributed by atoms with van der Waals surface area (Å²) in [6.07, 6.45) is 2.55. The van der Waals surface area contributed by atoms with Crippen LogP contribution in [-0.2, 0) is 0 Å². The summed E-state index contributed by atoms with van der Waals surface area (Å²) in [5.41, 5.74) is 0.931. The van der Waals surface area contributed by atoms with Crippen LogP contribution >= 0.6 is 0 Å².